The lowest BCUT2D eigenvalue weighted by molar-refractivity contribution is -0.141. The molecule has 0 saturated heterocycles. The Morgan fingerprint density at radius 3 is 1.90 bits per heavy atom. The van der Waals surface area contributed by atoms with Crippen molar-refractivity contribution in [1.29, 1.82) is 0 Å². The molecule has 172 valence electrons. The molecule has 0 fully saturated rings. The Bertz CT molecular complexity index is 652. The van der Waals surface area contributed by atoms with Gasteiger partial charge in [0.2, 0.25) is 0 Å². The molecule has 1 aromatic rings. The number of carbonyl (C=O) groups is 1. The van der Waals surface area contributed by atoms with E-state index in [-0.39, 0.29) is 12.1 Å². The van der Waals surface area contributed by atoms with Crippen LogP contribution in [-0.4, -0.2) is 12.1 Å². The van der Waals surface area contributed by atoms with Crippen molar-refractivity contribution in [2.24, 2.45) is 0 Å². The van der Waals surface area contributed by atoms with Crippen molar-refractivity contribution in [2.75, 3.05) is 0 Å². The van der Waals surface area contributed by atoms with Gasteiger partial charge in [-0.2, -0.15) is 26.3 Å². The van der Waals surface area contributed by atoms with Crippen LogP contribution in [0.5, 0.6) is 0 Å². The highest BCUT2D eigenvalue weighted by Crippen LogP contribution is 2.37. The number of hydrogen-bond acceptors (Lipinski definition) is 2. The zero-order valence-electron chi connectivity index (χ0n) is 17.5. The maximum Gasteiger partial charge on any atom is 0.417 e. The number of unbranched alkanes of at least 4 members (excludes halogenated alkanes) is 8. The molecule has 0 aliphatic carbocycles. The van der Waals surface area contributed by atoms with Gasteiger partial charge in [-0.3, -0.25) is 0 Å². The Labute approximate surface area is 174 Å². The van der Waals surface area contributed by atoms with Gasteiger partial charge in [-0.1, -0.05) is 58.3 Å². The number of esters is 1. The average Bonchev–Trinajstić information content (AvgIpc) is 2.64. The fraction of sp³-hybridized carbons (Fsp3) is 0.682. The molecule has 0 heterocycles. The Hall–Kier alpha value is -1.73. The molecule has 1 atom stereocenters. The first-order valence-electron chi connectivity index (χ1n) is 10.5. The molecule has 0 aliphatic rings. The van der Waals surface area contributed by atoms with Gasteiger partial charge < -0.3 is 4.74 Å². The molecule has 2 nitrogen and oxygen atoms in total. The minimum absolute atomic E-state index is 0.205. The highest BCUT2D eigenvalue weighted by Gasteiger charge is 2.39. The van der Waals surface area contributed by atoms with E-state index in [1.807, 2.05) is 0 Å². The number of halogens is 6. The fourth-order valence-corrected chi connectivity index (χ4v) is 3.18. The fourth-order valence-electron chi connectivity index (χ4n) is 3.18. The van der Waals surface area contributed by atoms with Crippen molar-refractivity contribution in [3.63, 3.8) is 0 Å². The zero-order chi connectivity index (χ0) is 22.8. The van der Waals surface area contributed by atoms with Crippen LogP contribution in [-0.2, 0) is 17.1 Å². The minimum Gasteiger partial charge on any atom is -0.459 e. The second kappa shape index (κ2) is 12.2. The number of carbonyl (C=O) groups excluding carboxylic acids is 1. The number of rotatable bonds is 12. The van der Waals surface area contributed by atoms with Crippen LogP contribution in [0.3, 0.4) is 0 Å². The molecule has 0 spiro atoms. The van der Waals surface area contributed by atoms with Gasteiger partial charge in [0.15, 0.2) is 0 Å². The summed E-state index contributed by atoms with van der Waals surface area (Å²) < 4.78 is 82.8. The maximum atomic E-state index is 13.1. The third-order valence-corrected chi connectivity index (χ3v) is 4.89. The van der Waals surface area contributed by atoms with Gasteiger partial charge in [0.05, 0.1) is 22.8 Å². The van der Waals surface area contributed by atoms with Gasteiger partial charge >= 0.3 is 18.3 Å². The molecule has 0 aromatic heterocycles. The lowest BCUT2D eigenvalue weighted by Gasteiger charge is -2.18. The quantitative estimate of drug-likeness (QED) is 0.186. The molecule has 0 bridgehead atoms. The Kier molecular flexibility index (Phi) is 10.7. The molecule has 1 aromatic carbocycles. The summed E-state index contributed by atoms with van der Waals surface area (Å²) in [6, 6.07) is 0.784. The predicted octanol–water partition coefficient (Wildman–Crippen LogP) is 8.19. The lowest BCUT2D eigenvalue weighted by Crippen LogP contribution is -2.20. The number of alkyl halides is 6. The zero-order valence-corrected chi connectivity index (χ0v) is 17.5. The summed E-state index contributed by atoms with van der Waals surface area (Å²) in [7, 11) is 0. The van der Waals surface area contributed by atoms with Crippen LogP contribution in [0, 0.1) is 0 Å². The van der Waals surface area contributed by atoms with E-state index in [2.05, 4.69) is 6.92 Å². The van der Waals surface area contributed by atoms with Crippen molar-refractivity contribution in [3.05, 3.63) is 34.9 Å². The van der Waals surface area contributed by atoms with E-state index < -0.39 is 41.1 Å². The lowest BCUT2D eigenvalue weighted by atomic mass is 10.0. The second-order valence-corrected chi connectivity index (χ2v) is 7.59. The van der Waals surface area contributed by atoms with Gasteiger partial charge in [0.1, 0.15) is 0 Å². The third kappa shape index (κ3) is 9.39. The summed E-state index contributed by atoms with van der Waals surface area (Å²) in [5.74, 6) is -1.39. The second-order valence-electron chi connectivity index (χ2n) is 7.59. The largest absolute Gasteiger partial charge is 0.459 e. The Morgan fingerprint density at radius 2 is 1.40 bits per heavy atom. The van der Waals surface area contributed by atoms with E-state index in [0.717, 1.165) is 25.7 Å². The van der Waals surface area contributed by atoms with Gasteiger partial charge in [0.25, 0.3) is 0 Å². The van der Waals surface area contributed by atoms with Crippen molar-refractivity contribution in [2.45, 2.75) is 96.5 Å². The average molecular weight is 440 g/mol. The van der Waals surface area contributed by atoms with E-state index in [0.29, 0.717) is 12.5 Å². The molecule has 0 N–H and O–H groups in total. The van der Waals surface area contributed by atoms with E-state index >= 15 is 0 Å². The number of ether oxygens (including phenoxy) is 1. The first kappa shape index (κ1) is 26.3. The van der Waals surface area contributed by atoms with Gasteiger partial charge in [-0.05, 0) is 38.0 Å². The van der Waals surface area contributed by atoms with Gasteiger partial charge in [-0.25, -0.2) is 4.79 Å². The normalized spacial score (nSPS) is 13.3. The van der Waals surface area contributed by atoms with Crippen molar-refractivity contribution >= 4 is 5.97 Å². The van der Waals surface area contributed by atoms with Crippen LogP contribution in [0.1, 0.15) is 99.5 Å². The first-order chi connectivity index (χ1) is 14.0. The molecular weight excluding hydrogens is 410 g/mol. The third-order valence-electron chi connectivity index (χ3n) is 4.89. The molecule has 0 saturated carbocycles. The summed E-state index contributed by atoms with van der Waals surface area (Å²) in [5, 5.41) is 0. The number of hydrogen-bond donors (Lipinski definition) is 0. The predicted molar refractivity (Wildman–Crippen MR) is 103 cm³/mol. The van der Waals surface area contributed by atoms with E-state index in [4.69, 9.17) is 4.74 Å². The van der Waals surface area contributed by atoms with Crippen molar-refractivity contribution < 1.29 is 35.9 Å². The van der Waals surface area contributed by atoms with Crippen LogP contribution < -0.4 is 0 Å². The molecular formula is C22H30F6O2. The van der Waals surface area contributed by atoms with Crippen LogP contribution >= 0.6 is 0 Å². The van der Waals surface area contributed by atoms with Crippen LogP contribution in [0.25, 0.3) is 0 Å². The standard InChI is InChI=1S/C22H30F6O2/c1-3-4-5-6-7-8-9-10-11-12-16(2)30-20(29)18-15-17(21(23,24)25)13-14-19(18)22(26,27)28/h13-16H,3-12H2,1-2H3. The van der Waals surface area contributed by atoms with Crippen LogP contribution in [0.15, 0.2) is 18.2 Å². The molecule has 0 amide bonds. The summed E-state index contributed by atoms with van der Waals surface area (Å²) in [6.07, 6.45) is -0.229. The number of benzene rings is 1. The molecule has 0 aliphatic heterocycles. The summed E-state index contributed by atoms with van der Waals surface area (Å²) in [6.45, 7) is 3.69. The monoisotopic (exact) mass is 440 g/mol. The van der Waals surface area contributed by atoms with E-state index in [9.17, 15) is 31.1 Å². The summed E-state index contributed by atoms with van der Waals surface area (Å²) >= 11 is 0. The SMILES string of the molecule is CCCCCCCCCCCC(C)OC(=O)c1cc(C(F)(F)F)ccc1C(F)(F)F. The molecule has 1 rings (SSSR count). The smallest absolute Gasteiger partial charge is 0.417 e. The first-order valence-corrected chi connectivity index (χ1v) is 10.5. The maximum absolute atomic E-state index is 13.1. The van der Waals surface area contributed by atoms with Gasteiger partial charge in [0, 0.05) is 0 Å². The van der Waals surface area contributed by atoms with E-state index in [1.165, 1.54) is 39.0 Å². The topological polar surface area (TPSA) is 26.3 Å². The molecule has 0 radical (unpaired) electrons. The highest BCUT2D eigenvalue weighted by atomic mass is 19.4. The highest BCUT2D eigenvalue weighted by molar-refractivity contribution is 5.91. The Balaban J connectivity index is 2.56. The summed E-state index contributed by atoms with van der Waals surface area (Å²) in [5.41, 5.74) is -3.87. The van der Waals surface area contributed by atoms with E-state index in [1.54, 1.807) is 0 Å². The van der Waals surface area contributed by atoms with Crippen LogP contribution in [0.4, 0.5) is 26.3 Å². The van der Waals surface area contributed by atoms with Gasteiger partial charge in [-0.15, -0.1) is 0 Å². The minimum atomic E-state index is -4.96. The summed E-state index contributed by atoms with van der Waals surface area (Å²) in [4.78, 5) is 12.2. The van der Waals surface area contributed by atoms with Crippen LogP contribution in [0.2, 0.25) is 0 Å². The molecule has 1 unspecified atom stereocenters. The Morgan fingerprint density at radius 1 is 0.867 bits per heavy atom. The molecule has 8 heteroatoms. The molecule has 30 heavy (non-hydrogen) atoms. The van der Waals surface area contributed by atoms with Crippen molar-refractivity contribution in [3.8, 4) is 0 Å². The van der Waals surface area contributed by atoms with Crippen molar-refractivity contribution in [1.82, 2.24) is 0 Å².